The predicted molar refractivity (Wildman–Crippen MR) is 114 cm³/mol. The quantitative estimate of drug-likeness (QED) is 0.555. The van der Waals surface area contributed by atoms with Crippen molar-refractivity contribution in [2.75, 3.05) is 4.72 Å². The molecule has 1 aromatic carbocycles. The monoisotopic (exact) mass is 481 g/mol. The molecule has 3 unspecified atom stereocenters. The molecule has 3 aromatic rings. The SMILES string of the molecule is Cn1nccc1C1CC(O)CCC1Oc1cc(F)c(S(=O)(=O)Nc2ccncn2)cc1Cl. The van der Waals surface area contributed by atoms with Gasteiger partial charge >= 0.3 is 0 Å². The van der Waals surface area contributed by atoms with E-state index in [2.05, 4.69) is 19.8 Å². The van der Waals surface area contributed by atoms with Crippen molar-refractivity contribution in [3.8, 4) is 5.75 Å². The number of sulfonamides is 1. The molecule has 1 aliphatic carbocycles. The highest BCUT2D eigenvalue weighted by Gasteiger charge is 2.35. The maximum atomic E-state index is 14.8. The Hall–Kier alpha value is -2.76. The summed E-state index contributed by atoms with van der Waals surface area (Å²) in [4.78, 5) is 6.85. The zero-order chi connectivity index (χ0) is 22.9. The number of aliphatic hydroxyl groups is 1. The Bertz CT molecular complexity index is 1210. The van der Waals surface area contributed by atoms with E-state index in [1.54, 1.807) is 17.9 Å². The van der Waals surface area contributed by atoms with E-state index in [9.17, 15) is 17.9 Å². The van der Waals surface area contributed by atoms with Gasteiger partial charge in [-0.3, -0.25) is 9.40 Å². The van der Waals surface area contributed by atoms with E-state index >= 15 is 0 Å². The van der Waals surface area contributed by atoms with Crippen LogP contribution >= 0.6 is 11.6 Å². The molecule has 2 heterocycles. The molecule has 9 nitrogen and oxygen atoms in total. The van der Waals surface area contributed by atoms with Crippen molar-refractivity contribution in [3.05, 3.63) is 59.5 Å². The molecule has 0 aliphatic heterocycles. The molecule has 0 radical (unpaired) electrons. The number of benzene rings is 1. The van der Waals surface area contributed by atoms with Crippen molar-refractivity contribution in [1.29, 1.82) is 0 Å². The molecule has 0 amide bonds. The molecule has 1 saturated carbocycles. The lowest BCUT2D eigenvalue weighted by molar-refractivity contribution is 0.0462. The van der Waals surface area contributed by atoms with Crippen LogP contribution in [0.1, 0.15) is 30.9 Å². The molecule has 0 bridgehead atoms. The molecule has 0 spiro atoms. The molecule has 12 heteroatoms. The van der Waals surface area contributed by atoms with Crippen LogP contribution in [0.15, 0.2) is 47.9 Å². The van der Waals surface area contributed by atoms with Gasteiger partial charge in [-0.2, -0.15) is 5.10 Å². The van der Waals surface area contributed by atoms with Crippen molar-refractivity contribution in [3.63, 3.8) is 0 Å². The zero-order valence-electron chi connectivity index (χ0n) is 17.0. The number of nitrogens with one attached hydrogen (secondary N) is 1. The van der Waals surface area contributed by atoms with Crippen molar-refractivity contribution in [2.45, 2.75) is 42.3 Å². The molecular weight excluding hydrogens is 461 g/mol. The molecule has 170 valence electrons. The van der Waals surface area contributed by atoms with Gasteiger partial charge in [0.2, 0.25) is 0 Å². The summed E-state index contributed by atoms with van der Waals surface area (Å²) in [6.45, 7) is 0. The number of ether oxygens (including phenoxy) is 1. The van der Waals surface area contributed by atoms with Gasteiger partial charge in [0.15, 0.2) is 0 Å². The topological polar surface area (TPSA) is 119 Å². The Morgan fingerprint density at radius 3 is 2.78 bits per heavy atom. The van der Waals surface area contributed by atoms with Gasteiger partial charge in [0, 0.05) is 37.1 Å². The van der Waals surface area contributed by atoms with Crippen molar-refractivity contribution < 1.29 is 22.7 Å². The summed E-state index contributed by atoms with van der Waals surface area (Å²) in [6.07, 6.45) is 4.79. The summed E-state index contributed by atoms with van der Waals surface area (Å²) < 4.78 is 50.0. The first-order valence-electron chi connectivity index (χ1n) is 9.85. The third-order valence-electron chi connectivity index (χ3n) is 5.37. The van der Waals surface area contributed by atoms with E-state index < -0.39 is 32.9 Å². The van der Waals surface area contributed by atoms with Crippen LogP contribution < -0.4 is 9.46 Å². The fourth-order valence-corrected chi connectivity index (χ4v) is 5.20. The number of rotatable bonds is 6. The highest BCUT2D eigenvalue weighted by Crippen LogP contribution is 2.38. The Morgan fingerprint density at radius 1 is 1.28 bits per heavy atom. The van der Waals surface area contributed by atoms with Crippen LogP contribution in [0.4, 0.5) is 10.2 Å². The van der Waals surface area contributed by atoms with Crippen molar-refractivity contribution in [2.24, 2.45) is 7.05 Å². The minimum Gasteiger partial charge on any atom is -0.488 e. The minimum atomic E-state index is -4.28. The lowest BCUT2D eigenvalue weighted by Crippen LogP contribution is -2.35. The molecule has 32 heavy (non-hydrogen) atoms. The smallest absolute Gasteiger partial charge is 0.266 e. The molecule has 2 aromatic heterocycles. The number of anilines is 1. The fraction of sp³-hybridized carbons (Fsp3) is 0.350. The van der Waals surface area contributed by atoms with E-state index in [4.69, 9.17) is 16.3 Å². The van der Waals surface area contributed by atoms with Gasteiger partial charge in [-0.15, -0.1) is 0 Å². The number of hydrogen-bond donors (Lipinski definition) is 2. The van der Waals surface area contributed by atoms with E-state index in [1.807, 2.05) is 6.07 Å². The Kier molecular flexibility index (Phi) is 6.31. The maximum Gasteiger partial charge on any atom is 0.266 e. The highest BCUT2D eigenvalue weighted by atomic mass is 35.5. The molecule has 1 aliphatic rings. The molecule has 3 atom stereocenters. The van der Waals surface area contributed by atoms with Gasteiger partial charge in [0.25, 0.3) is 10.0 Å². The van der Waals surface area contributed by atoms with Gasteiger partial charge in [0.1, 0.15) is 34.7 Å². The predicted octanol–water partition coefficient (Wildman–Crippen LogP) is 2.88. The summed E-state index contributed by atoms with van der Waals surface area (Å²) in [5.74, 6) is -1.18. The first-order chi connectivity index (χ1) is 15.2. The van der Waals surface area contributed by atoms with Crippen LogP contribution in [0, 0.1) is 5.82 Å². The minimum absolute atomic E-state index is 0.00405. The number of aromatic nitrogens is 4. The molecule has 0 saturated heterocycles. The van der Waals surface area contributed by atoms with Crippen LogP contribution in [0.5, 0.6) is 5.75 Å². The van der Waals surface area contributed by atoms with Crippen LogP contribution in [0.3, 0.4) is 0 Å². The standard InChI is InChI=1S/C20H21ClFN5O4S/c1-27-16(4-7-25-27)13-8-12(28)2-3-17(13)31-18-10-15(22)19(9-14(18)21)32(29,30)26-20-5-6-23-11-24-20/h4-7,9-13,17,28H,2-3,8H2,1H3,(H,23,24,26). The van der Waals surface area contributed by atoms with Gasteiger partial charge in [-0.1, -0.05) is 11.6 Å². The second-order valence-corrected chi connectivity index (χ2v) is 9.58. The number of aryl methyl sites for hydroxylation is 1. The lowest BCUT2D eigenvalue weighted by Gasteiger charge is -2.34. The summed E-state index contributed by atoms with van der Waals surface area (Å²) >= 11 is 6.29. The Morgan fingerprint density at radius 2 is 2.09 bits per heavy atom. The fourth-order valence-electron chi connectivity index (χ4n) is 3.83. The number of halogens is 2. The summed E-state index contributed by atoms with van der Waals surface area (Å²) in [6, 6.07) is 5.15. The van der Waals surface area contributed by atoms with E-state index in [-0.39, 0.29) is 22.5 Å². The number of nitrogens with zero attached hydrogens (tertiary/aromatic N) is 4. The Balaban J connectivity index is 1.60. The normalized spacial score (nSPS) is 21.3. The highest BCUT2D eigenvalue weighted by molar-refractivity contribution is 7.92. The van der Waals surface area contributed by atoms with Crippen LogP contribution in [-0.4, -0.2) is 45.5 Å². The van der Waals surface area contributed by atoms with Gasteiger partial charge in [0.05, 0.1) is 11.1 Å². The van der Waals surface area contributed by atoms with Gasteiger partial charge in [-0.25, -0.2) is 22.8 Å². The summed E-state index contributed by atoms with van der Waals surface area (Å²) in [5, 5.41) is 14.3. The first-order valence-corrected chi connectivity index (χ1v) is 11.7. The first kappa shape index (κ1) is 22.4. The summed E-state index contributed by atoms with van der Waals surface area (Å²) in [7, 11) is -2.48. The molecule has 1 fully saturated rings. The third kappa shape index (κ3) is 4.69. The second-order valence-electron chi connectivity index (χ2n) is 7.52. The summed E-state index contributed by atoms with van der Waals surface area (Å²) in [5.41, 5.74) is 0.874. The van der Waals surface area contributed by atoms with Crippen molar-refractivity contribution >= 4 is 27.4 Å². The Labute approximate surface area is 189 Å². The second kappa shape index (κ2) is 9.00. The molecule has 2 N–H and O–H groups in total. The van der Waals surface area contributed by atoms with Crippen LogP contribution in [0.2, 0.25) is 5.02 Å². The number of aliphatic hydroxyl groups excluding tert-OH is 1. The van der Waals surface area contributed by atoms with E-state index in [0.717, 1.165) is 24.2 Å². The largest absolute Gasteiger partial charge is 0.488 e. The van der Waals surface area contributed by atoms with Crippen molar-refractivity contribution in [1.82, 2.24) is 19.7 Å². The van der Waals surface area contributed by atoms with E-state index in [1.165, 1.54) is 12.3 Å². The average Bonchev–Trinajstić information content (AvgIpc) is 3.17. The average molecular weight is 482 g/mol. The molecule has 4 rings (SSSR count). The number of hydrogen-bond acceptors (Lipinski definition) is 7. The van der Waals surface area contributed by atoms with E-state index in [0.29, 0.717) is 19.3 Å². The lowest BCUT2D eigenvalue weighted by atomic mass is 9.82. The van der Waals surface area contributed by atoms with Crippen LogP contribution in [-0.2, 0) is 17.1 Å². The maximum absolute atomic E-state index is 14.8. The van der Waals surface area contributed by atoms with Crippen LogP contribution in [0.25, 0.3) is 0 Å². The molecular formula is C20H21ClFN5O4S. The van der Waals surface area contributed by atoms with Gasteiger partial charge in [-0.05, 0) is 37.5 Å². The van der Waals surface area contributed by atoms with Gasteiger partial charge < -0.3 is 9.84 Å². The third-order valence-corrected chi connectivity index (χ3v) is 7.04. The zero-order valence-corrected chi connectivity index (χ0v) is 18.6.